The Bertz CT molecular complexity index is 1250. The second-order valence-electron chi connectivity index (χ2n) is 8.69. The number of nitrogens with zero attached hydrogens (tertiary/aromatic N) is 3. The molecule has 1 atom stereocenters. The molecule has 0 radical (unpaired) electrons. The summed E-state index contributed by atoms with van der Waals surface area (Å²) in [6, 6.07) is 4.08. The molecule has 0 spiro atoms. The van der Waals surface area contributed by atoms with Gasteiger partial charge in [0, 0.05) is 33.3 Å². The molecule has 180 valence electrons. The molecule has 0 aliphatic carbocycles. The molecule has 1 aromatic heterocycles. The quantitative estimate of drug-likeness (QED) is 0.648. The summed E-state index contributed by atoms with van der Waals surface area (Å²) >= 11 is 0. The van der Waals surface area contributed by atoms with Crippen LogP contribution in [0.1, 0.15) is 38.5 Å². The molecule has 0 saturated carbocycles. The number of likely N-dealkylation sites (tertiary alicyclic amines) is 1. The Morgan fingerprint density at radius 1 is 1.12 bits per heavy atom. The molecule has 2 aliphatic heterocycles. The number of carbonyl (C=O) groups is 1. The van der Waals surface area contributed by atoms with E-state index in [0.717, 1.165) is 43.1 Å². The highest BCUT2D eigenvalue weighted by atomic mass is 32.2. The third kappa shape index (κ3) is 5.04. The van der Waals surface area contributed by atoms with Crippen LogP contribution < -0.4 is 16.0 Å². The predicted octanol–water partition coefficient (Wildman–Crippen LogP) is 0.560. The number of hydrogen-bond acceptors (Lipinski definition) is 6. The number of nitrogens with one attached hydrogen (secondary N) is 1. The molecule has 11 heteroatoms. The number of benzene rings is 1. The predicted molar refractivity (Wildman–Crippen MR) is 123 cm³/mol. The number of aryl methyl sites for hydroxylation is 1. The lowest BCUT2D eigenvalue weighted by molar-refractivity contribution is -0.131. The summed E-state index contributed by atoms with van der Waals surface area (Å²) in [4.78, 5) is 40.4. The van der Waals surface area contributed by atoms with Crippen molar-refractivity contribution in [1.29, 1.82) is 0 Å². The van der Waals surface area contributed by atoms with Crippen LogP contribution in [0, 0.1) is 0 Å². The van der Waals surface area contributed by atoms with Crippen molar-refractivity contribution in [1.82, 2.24) is 18.8 Å². The molecule has 1 aromatic carbocycles. The fraction of sp³-hybridized carbons (Fsp3) is 0.591. The van der Waals surface area contributed by atoms with Gasteiger partial charge >= 0.3 is 5.69 Å². The number of fused-ring (bicyclic) bond motifs is 1. The van der Waals surface area contributed by atoms with Gasteiger partial charge in [-0.25, -0.2) is 17.9 Å². The van der Waals surface area contributed by atoms with Gasteiger partial charge in [0.25, 0.3) is 5.56 Å². The lowest BCUT2D eigenvalue weighted by Crippen LogP contribution is -2.44. The van der Waals surface area contributed by atoms with E-state index < -0.39 is 21.3 Å². The molecule has 2 fully saturated rings. The molecular weight excluding hydrogens is 448 g/mol. The highest BCUT2D eigenvalue weighted by molar-refractivity contribution is 7.89. The van der Waals surface area contributed by atoms with Crippen molar-refractivity contribution in [2.75, 3.05) is 26.2 Å². The summed E-state index contributed by atoms with van der Waals surface area (Å²) in [6.07, 6.45) is 5.43. The van der Waals surface area contributed by atoms with Crippen LogP contribution in [0.4, 0.5) is 0 Å². The van der Waals surface area contributed by atoms with E-state index in [1.165, 1.54) is 29.8 Å². The smallest absolute Gasteiger partial charge is 0.331 e. The van der Waals surface area contributed by atoms with Crippen molar-refractivity contribution < 1.29 is 17.9 Å². The van der Waals surface area contributed by atoms with Crippen molar-refractivity contribution in [2.24, 2.45) is 7.05 Å². The van der Waals surface area contributed by atoms with E-state index in [9.17, 15) is 22.8 Å². The average molecular weight is 479 g/mol. The molecule has 1 unspecified atom stereocenters. The van der Waals surface area contributed by atoms with Crippen LogP contribution in [0.25, 0.3) is 10.9 Å². The molecule has 1 N–H and O–H groups in total. The third-order valence-electron chi connectivity index (χ3n) is 6.41. The van der Waals surface area contributed by atoms with E-state index in [-0.39, 0.29) is 35.4 Å². The van der Waals surface area contributed by atoms with E-state index in [4.69, 9.17) is 4.74 Å². The first-order valence-corrected chi connectivity index (χ1v) is 12.9. The van der Waals surface area contributed by atoms with E-state index in [0.29, 0.717) is 25.2 Å². The van der Waals surface area contributed by atoms with Crippen molar-refractivity contribution in [3.63, 3.8) is 0 Å². The second-order valence-corrected chi connectivity index (χ2v) is 10.5. The average Bonchev–Trinajstić information content (AvgIpc) is 3.18. The van der Waals surface area contributed by atoms with E-state index in [1.54, 1.807) is 4.90 Å². The minimum atomic E-state index is -3.88. The van der Waals surface area contributed by atoms with Gasteiger partial charge in [-0.2, -0.15) is 0 Å². The Labute approximate surface area is 192 Å². The zero-order chi connectivity index (χ0) is 23.6. The summed E-state index contributed by atoms with van der Waals surface area (Å²) in [7, 11) is -2.38. The van der Waals surface area contributed by atoms with E-state index >= 15 is 0 Å². The minimum Gasteiger partial charge on any atom is -0.377 e. The number of hydrogen-bond donors (Lipinski definition) is 1. The van der Waals surface area contributed by atoms with Crippen LogP contribution in [-0.2, 0) is 33.1 Å². The number of ether oxygens (including phenoxy) is 1. The molecule has 10 nitrogen and oxygen atoms in total. The maximum atomic E-state index is 13.2. The first-order chi connectivity index (χ1) is 15.8. The summed E-state index contributed by atoms with van der Waals surface area (Å²) in [5.41, 5.74) is -0.975. The molecule has 2 saturated heterocycles. The number of sulfonamides is 1. The molecule has 2 aromatic rings. The summed E-state index contributed by atoms with van der Waals surface area (Å²) in [6.45, 7) is 1.63. The number of rotatable bonds is 6. The largest absolute Gasteiger partial charge is 0.377 e. The maximum absolute atomic E-state index is 13.2. The monoisotopic (exact) mass is 478 g/mol. The Balaban J connectivity index is 1.65. The van der Waals surface area contributed by atoms with Gasteiger partial charge in [0.1, 0.15) is 6.54 Å². The number of aromatic nitrogens is 2. The van der Waals surface area contributed by atoms with Crippen LogP contribution in [0.15, 0.2) is 32.7 Å². The van der Waals surface area contributed by atoms with Crippen LogP contribution >= 0.6 is 0 Å². The van der Waals surface area contributed by atoms with Gasteiger partial charge in [0.15, 0.2) is 0 Å². The zero-order valence-corrected chi connectivity index (χ0v) is 19.6. The number of amides is 1. The van der Waals surface area contributed by atoms with Gasteiger partial charge in [-0.3, -0.25) is 18.7 Å². The summed E-state index contributed by atoms with van der Waals surface area (Å²) < 4.78 is 35.7. The topological polar surface area (TPSA) is 120 Å². The molecule has 3 heterocycles. The normalized spacial score (nSPS) is 19.7. The van der Waals surface area contributed by atoms with Crippen molar-refractivity contribution in [3.8, 4) is 0 Å². The van der Waals surface area contributed by atoms with Crippen molar-refractivity contribution in [2.45, 2.75) is 56.1 Å². The summed E-state index contributed by atoms with van der Waals surface area (Å²) in [5.74, 6) is -0.280. The maximum Gasteiger partial charge on any atom is 0.331 e. The van der Waals surface area contributed by atoms with Gasteiger partial charge in [0.2, 0.25) is 15.9 Å². The van der Waals surface area contributed by atoms with E-state index in [1.807, 2.05) is 0 Å². The van der Waals surface area contributed by atoms with Crippen LogP contribution in [-0.4, -0.2) is 60.7 Å². The van der Waals surface area contributed by atoms with Gasteiger partial charge in [0.05, 0.1) is 21.9 Å². The number of carbonyl (C=O) groups excluding carboxylic acids is 1. The lowest BCUT2D eigenvalue weighted by atomic mass is 10.2. The lowest BCUT2D eigenvalue weighted by Gasteiger charge is -2.21. The molecule has 33 heavy (non-hydrogen) atoms. The van der Waals surface area contributed by atoms with Crippen molar-refractivity contribution >= 4 is 26.8 Å². The molecule has 4 rings (SSSR count). The standard InChI is InChI=1S/C22H30N4O6S/c1-24-19-9-8-17(33(30,31)23-14-16-7-6-12-32-16)13-18(19)21(28)26(22(24)29)15-20(27)25-10-4-2-3-5-11-25/h8-9,13,16,23H,2-7,10-12,14-15H2,1H3. The Hall–Kier alpha value is -2.50. The second kappa shape index (κ2) is 9.78. The van der Waals surface area contributed by atoms with Gasteiger partial charge < -0.3 is 9.64 Å². The summed E-state index contributed by atoms with van der Waals surface area (Å²) in [5, 5.41) is 0.0701. The van der Waals surface area contributed by atoms with Gasteiger partial charge in [-0.05, 0) is 43.9 Å². The Kier molecular flexibility index (Phi) is 7.01. The fourth-order valence-corrected chi connectivity index (χ4v) is 5.54. The van der Waals surface area contributed by atoms with Crippen LogP contribution in [0.2, 0.25) is 0 Å². The van der Waals surface area contributed by atoms with Crippen LogP contribution in [0.5, 0.6) is 0 Å². The third-order valence-corrected chi connectivity index (χ3v) is 7.83. The first kappa shape index (κ1) is 23.7. The Morgan fingerprint density at radius 2 is 1.85 bits per heavy atom. The Morgan fingerprint density at radius 3 is 2.52 bits per heavy atom. The highest BCUT2D eigenvalue weighted by Crippen LogP contribution is 2.17. The van der Waals surface area contributed by atoms with E-state index in [2.05, 4.69) is 4.72 Å². The molecule has 2 aliphatic rings. The first-order valence-electron chi connectivity index (χ1n) is 11.4. The minimum absolute atomic E-state index is 0.0701. The van der Waals surface area contributed by atoms with Gasteiger partial charge in [-0.15, -0.1) is 0 Å². The SMILES string of the molecule is Cn1c(=O)n(CC(=O)N2CCCCCC2)c(=O)c2cc(S(=O)(=O)NCC3CCCO3)ccc21. The van der Waals surface area contributed by atoms with Gasteiger partial charge in [-0.1, -0.05) is 12.8 Å². The van der Waals surface area contributed by atoms with Crippen molar-refractivity contribution in [3.05, 3.63) is 39.0 Å². The fourth-order valence-electron chi connectivity index (χ4n) is 4.45. The highest BCUT2D eigenvalue weighted by Gasteiger charge is 2.23. The molecule has 0 bridgehead atoms. The van der Waals surface area contributed by atoms with Crippen LogP contribution in [0.3, 0.4) is 0 Å². The molecule has 1 amide bonds. The molecular formula is C22H30N4O6S. The zero-order valence-electron chi connectivity index (χ0n) is 18.8.